The molecule has 0 spiro atoms. The van der Waals surface area contributed by atoms with Gasteiger partial charge in [-0.05, 0) is 18.6 Å². The van der Waals surface area contributed by atoms with Gasteiger partial charge in [-0.3, -0.25) is 0 Å². The van der Waals surface area contributed by atoms with Crippen LogP contribution >= 0.6 is 23.2 Å². The molecule has 0 fully saturated rings. The van der Waals surface area contributed by atoms with E-state index >= 15 is 0 Å². The summed E-state index contributed by atoms with van der Waals surface area (Å²) in [5.41, 5.74) is 2.57. The summed E-state index contributed by atoms with van der Waals surface area (Å²) < 4.78 is 0. The normalized spacial score (nSPS) is 10.9. The Morgan fingerprint density at radius 1 is 1.50 bits per heavy atom. The maximum Gasteiger partial charge on any atom is 0.174 e. The molecular weight excluding hydrogens is 195 g/mol. The average molecular weight is 200 g/mol. The number of nitrogens with one attached hydrogen (secondary N) is 1. The second-order valence-electron chi connectivity index (χ2n) is 2.54. The number of aromatic nitrogens is 2. The van der Waals surface area contributed by atoms with Crippen molar-refractivity contribution in [2.24, 2.45) is 0 Å². The van der Waals surface area contributed by atoms with Crippen molar-refractivity contribution in [2.75, 3.05) is 0 Å². The molecule has 0 bridgehead atoms. The summed E-state index contributed by atoms with van der Waals surface area (Å²) >= 11 is 11.8. The van der Waals surface area contributed by atoms with E-state index in [0.29, 0.717) is 10.0 Å². The molecule has 2 aromatic rings. The number of fused-ring (bicyclic) bond motifs is 1. The Kier molecular flexibility index (Phi) is 1.74. The summed E-state index contributed by atoms with van der Waals surface area (Å²) in [6.45, 7) is 1.88. The molecule has 1 N–H and O–H groups in total. The van der Waals surface area contributed by atoms with Crippen LogP contribution in [-0.2, 0) is 0 Å². The first-order valence-corrected chi connectivity index (χ1v) is 4.16. The first-order chi connectivity index (χ1) is 5.70. The zero-order chi connectivity index (χ0) is 8.72. The highest BCUT2D eigenvalue weighted by molar-refractivity contribution is 6.43. The molecule has 1 radical (unpaired) electrons. The van der Waals surface area contributed by atoms with Crippen LogP contribution in [0, 0.1) is 13.3 Å². The molecule has 0 aliphatic carbocycles. The monoisotopic (exact) mass is 199 g/mol. The summed E-state index contributed by atoms with van der Waals surface area (Å²) in [4.78, 5) is 6.85. The molecule has 0 unspecified atom stereocenters. The van der Waals surface area contributed by atoms with E-state index in [1.54, 1.807) is 6.07 Å². The van der Waals surface area contributed by atoms with E-state index in [4.69, 9.17) is 23.2 Å². The van der Waals surface area contributed by atoms with Gasteiger partial charge in [0.15, 0.2) is 6.33 Å². The van der Waals surface area contributed by atoms with Crippen LogP contribution in [0.25, 0.3) is 11.0 Å². The number of hydrogen-bond acceptors (Lipinski definition) is 1. The van der Waals surface area contributed by atoms with E-state index in [0.717, 1.165) is 16.6 Å². The van der Waals surface area contributed by atoms with Crippen LogP contribution in [-0.4, -0.2) is 9.97 Å². The number of halogens is 2. The van der Waals surface area contributed by atoms with E-state index in [1.807, 2.05) is 6.92 Å². The molecule has 1 aromatic carbocycles. The Morgan fingerprint density at radius 2 is 2.25 bits per heavy atom. The third kappa shape index (κ3) is 0.993. The summed E-state index contributed by atoms with van der Waals surface area (Å²) in [6.07, 6.45) is 2.64. The lowest BCUT2D eigenvalue weighted by Crippen LogP contribution is -1.80. The fourth-order valence-corrected chi connectivity index (χ4v) is 1.52. The molecule has 61 valence electrons. The summed E-state index contributed by atoms with van der Waals surface area (Å²) in [5.74, 6) is 0. The van der Waals surface area contributed by atoms with Crippen molar-refractivity contribution >= 4 is 34.2 Å². The predicted molar refractivity (Wildman–Crippen MR) is 49.7 cm³/mol. The van der Waals surface area contributed by atoms with Gasteiger partial charge in [0, 0.05) is 0 Å². The summed E-state index contributed by atoms with van der Waals surface area (Å²) in [5, 5.41) is 1.10. The van der Waals surface area contributed by atoms with E-state index in [2.05, 4.69) is 16.3 Å². The van der Waals surface area contributed by atoms with Crippen LogP contribution in [0.2, 0.25) is 10.0 Å². The van der Waals surface area contributed by atoms with Crippen molar-refractivity contribution < 1.29 is 0 Å². The summed E-state index contributed by atoms with van der Waals surface area (Å²) in [7, 11) is 0. The number of benzene rings is 1. The van der Waals surface area contributed by atoms with Gasteiger partial charge in [0.2, 0.25) is 0 Å². The minimum atomic E-state index is 0.541. The van der Waals surface area contributed by atoms with Crippen molar-refractivity contribution in [1.82, 2.24) is 9.97 Å². The largest absolute Gasteiger partial charge is 0.335 e. The Morgan fingerprint density at radius 3 is 3.00 bits per heavy atom. The van der Waals surface area contributed by atoms with Gasteiger partial charge in [-0.2, -0.15) is 0 Å². The van der Waals surface area contributed by atoms with E-state index in [-0.39, 0.29) is 0 Å². The lowest BCUT2D eigenvalue weighted by atomic mass is 10.2. The third-order valence-corrected chi connectivity index (χ3v) is 2.66. The quantitative estimate of drug-likeness (QED) is 0.695. The standard InChI is InChI=1S/C8H5Cl2N2/c1-4-7(10)5(9)2-6-8(4)12-3-11-6/h2H,1H3,(H,11,12). The van der Waals surface area contributed by atoms with E-state index in [1.165, 1.54) is 0 Å². The first-order valence-electron chi connectivity index (χ1n) is 3.40. The van der Waals surface area contributed by atoms with Crippen LogP contribution in [0.3, 0.4) is 0 Å². The third-order valence-electron chi connectivity index (χ3n) is 1.78. The molecule has 2 rings (SSSR count). The molecule has 0 aliphatic heterocycles. The molecule has 1 aromatic heterocycles. The van der Waals surface area contributed by atoms with Crippen molar-refractivity contribution in [3.63, 3.8) is 0 Å². The highest BCUT2D eigenvalue weighted by Gasteiger charge is 2.08. The van der Waals surface area contributed by atoms with Crippen LogP contribution in [0.4, 0.5) is 0 Å². The fourth-order valence-electron chi connectivity index (χ4n) is 1.13. The Labute approximate surface area is 79.5 Å². The van der Waals surface area contributed by atoms with Gasteiger partial charge >= 0.3 is 0 Å². The lowest BCUT2D eigenvalue weighted by Gasteiger charge is -2.00. The zero-order valence-electron chi connectivity index (χ0n) is 6.28. The van der Waals surface area contributed by atoms with Crippen LogP contribution in [0.15, 0.2) is 6.07 Å². The maximum atomic E-state index is 5.91. The minimum absolute atomic E-state index is 0.541. The molecule has 0 saturated carbocycles. The number of rotatable bonds is 0. The predicted octanol–water partition coefficient (Wildman–Crippen LogP) is 2.98. The lowest BCUT2D eigenvalue weighted by molar-refractivity contribution is 1.31. The number of aryl methyl sites for hydroxylation is 1. The van der Waals surface area contributed by atoms with Gasteiger partial charge in [0.05, 0.1) is 21.1 Å². The summed E-state index contributed by atoms with van der Waals surface area (Å²) in [6, 6.07) is 1.75. The number of aromatic amines is 1. The van der Waals surface area contributed by atoms with Gasteiger partial charge in [0.1, 0.15) is 0 Å². The Hall–Kier alpha value is -0.730. The Bertz CT molecular complexity index is 434. The van der Waals surface area contributed by atoms with Gasteiger partial charge in [0.25, 0.3) is 0 Å². The molecule has 12 heavy (non-hydrogen) atoms. The zero-order valence-corrected chi connectivity index (χ0v) is 7.79. The molecule has 4 heteroatoms. The molecular formula is C8H5Cl2N2. The second kappa shape index (κ2) is 2.64. The van der Waals surface area contributed by atoms with Gasteiger partial charge in [-0.1, -0.05) is 23.2 Å². The van der Waals surface area contributed by atoms with Crippen molar-refractivity contribution in [3.8, 4) is 0 Å². The number of hydrogen-bond donors (Lipinski definition) is 1. The topological polar surface area (TPSA) is 28.7 Å². The average Bonchev–Trinajstić information content (AvgIpc) is 2.48. The molecule has 0 saturated heterocycles. The van der Waals surface area contributed by atoms with Crippen LogP contribution in [0.1, 0.15) is 5.56 Å². The van der Waals surface area contributed by atoms with Crippen molar-refractivity contribution in [1.29, 1.82) is 0 Å². The van der Waals surface area contributed by atoms with E-state index in [9.17, 15) is 0 Å². The highest BCUT2D eigenvalue weighted by atomic mass is 35.5. The van der Waals surface area contributed by atoms with Crippen molar-refractivity contribution in [2.45, 2.75) is 6.92 Å². The van der Waals surface area contributed by atoms with Gasteiger partial charge in [-0.15, -0.1) is 0 Å². The number of imidazole rings is 1. The Balaban J connectivity index is 2.94. The van der Waals surface area contributed by atoms with Gasteiger partial charge < -0.3 is 4.98 Å². The highest BCUT2D eigenvalue weighted by Crippen LogP contribution is 2.30. The van der Waals surface area contributed by atoms with Crippen LogP contribution < -0.4 is 0 Å². The maximum absolute atomic E-state index is 5.91. The SMILES string of the molecule is Cc1c(Cl)c(Cl)cc2[nH][c]nc12. The molecule has 0 aliphatic rings. The first kappa shape index (κ1) is 7.90. The second-order valence-corrected chi connectivity index (χ2v) is 3.33. The molecule has 0 atom stereocenters. The van der Waals surface area contributed by atoms with E-state index < -0.39 is 0 Å². The minimum Gasteiger partial charge on any atom is -0.335 e. The fraction of sp³-hybridized carbons (Fsp3) is 0.125. The molecule has 2 nitrogen and oxygen atoms in total. The smallest absolute Gasteiger partial charge is 0.174 e. The van der Waals surface area contributed by atoms with Crippen molar-refractivity contribution in [3.05, 3.63) is 28.0 Å². The number of nitrogens with zero attached hydrogens (tertiary/aromatic N) is 1. The number of H-pyrrole nitrogens is 1. The molecule has 1 heterocycles. The van der Waals surface area contributed by atoms with Gasteiger partial charge in [-0.25, -0.2) is 4.98 Å². The van der Waals surface area contributed by atoms with Crippen LogP contribution in [0.5, 0.6) is 0 Å². The molecule has 0 amide bonds.